The Balaban J connectivity index is 1.89. The summed E-state index contributed by atoms with van der Waals surface area (Å²) in [6.07, 6.45) is 2.53. The number of nitrogens with zero attached hydrogens (tertiary/aromatic N) is 1. The average Bonchev–Trinajstić information content (AvgIpc) is 2.38. The van der Waals surface area contributed by atoms with Gasteiger partial charge in [0.2, 0.25) is 0 Å². The topological polar surface area (TPSA) is 24.9 Å². The molecule has 1 N–H and O–H groups in total. The van der Waals surface area contributed by atoms with E-state index in [-0.39, 0.29) is 6.04 Å². The molecule has 19 heavy (non-hydrogen) atoms. The fraction of sp³-hybridized carbons (Fsp3) is 0.267. The van der Waals surface area contributed by atoms with E-state index in [0.717, 1.165) is 18.2 Å². The minimum absolute atomic E-state index is 0.103. The van der Waals surface area contributed by atoms with E-state index in [4.69, 9.17) is 0 Å². The molecule has 0 bridgehead atoms. The van der Waals surface area contributed by atoms with Crippen LogP contribution in [-0.2, 0) is 6.42 Å². The van der Waals surface area contributed by atoms with E-state index in [0.29, 0.717) is 12.1 Å². The van der Waals surface area contributed by atoms with E-state index in [2.05, 4.69) is 10.3 Å². The molecule has 1 heterocycles. The van der Waals surface area contributed by atoms with Crippen molar-refractivity contribution in [2.75, 3.05) is 6.54 Å². The summed E-state index contributed by atoms with van der Waals surface area (Å²) in [7, 11) is 0. The second-order valence-electron chi connectivity index (χ2n) is 4.45. The second kappa shape index (κ2) is 6.38. The van der Waals surface area contributed by atoms with E-state index in [1.807, 2.05) is 25.1 Å². The third-order valence-corrected chi connectivity index (χ3v) is 2.94. The van der Waals surface area contributed by atoms with Crippen LogP contribution in [0.1, 0.15) is 24.2 Å². The van der Waals surface area contributed by atoms with Gasteiger partial charge in [0.25, 0.3) is 0 Å². The van der Waals surface area contributed by atoms with Crippen LogP contribution in [0.4, 0.5) is 8.78 Å². The average molecular weight is 262 g/mol. The van der Waals surface area contributed by atoms with Crippen molar-refractivity contribution >= 4 is 0 Å². The molecule has 0 spiro atoms. The Morgan fingerprint density at radius 3 is 2.53 bits per heavy atom. The zero-order valence-electron chi connectivity index (χ0n) is 10.7. The molecule has 2 aromatic rings. The van der Waals surface area contributed by atoms with Gasteiger partial charge in [-0.3, -0.25) is 4.98 Å². The minimum atomic E-state index is -0.548. The third-order valence-electron chi connectivity index (χ3n) is 2.94. The van der Waals surface area contributed by atoms with Gasteiger partial charge in [0.1, 0.15) is 11.6 Å². The van der Waals surface area contributed by atoms with Crippen LogP contribution in [0.3, 0.4) is 0 Å². The molecule has 1 atom stereocenters. The SMILES string of the molecule is CC(NCCc1ccccn1)c1cc(F)cc(F)c1. The third kappa shape index (κ3) is 4.10. The molecule has 0 saturated heterocycles. The highest BCUT2D eigenvalue weighted by Gasteiger charge is 2.08. The Kier molecular flexibility index (Phi) is 4.58. The molecular formula is C15H16F2N2. The van der Waals surface area contributed by atoms with Crippen LogP contribution in [0.15, 0.2) is 42.6 Å². The number of hydrogen-bond acceptors (Lipinski definition) is 2. The lowest BCUT2D eigenvalue weighted by atomic mass is 10.1. The minimum Gasteiger partial charge on any atom is -0.310 e. The highest BCUT2D eigenvalue weighted by Crippen LogP contribution is 2.15. The van der Waals surface area contributed by atoms with Gasteiger partial charge in [-0.05, 0) is 36.8 Å². The van der Waals surface area contributed by atoms with Crippen molar-refractivity contribution in [3.05, 3.63) is 65.5 Å². The van der Waals surface area contributed by atoms with Gasteiger partial charge in [0, 0.05) is 37.0 Å². The first-order valence-electron chi connectivity index (χ1n) is 6.24. The maximum atomic E-state index is 13.1. The summed E-state index contributed by atoms with van der Waals surface area (Å²) in [5.41, 5.74) is 1.60. The molecule has 0 saturated carbocycles. The maximum absolute atomic E-state index is 13.1. The molecule has 0 amide bonds. The fourth-order valence-electron chi connectivity index (χ4n) is 1.91. The monoisotopic (exact) mass is 262 g/mol. The van der Waals surface area contributed by atoms with Gasteiger partial charge in [-0.25, -0.2) is 8.78 Å². The molecular weight excluding hydrogens is 246 g/mol. The first-order valence-corrected chi connectivity index (χ1v) is 6.24. The molecule has 0 aliphatic carbocycles. The molecule has 1 aromatic heterocycles. The van der Waals surface area contributed by atoms with Crippen LogP contribution in [0.25, 0.3) is 0 Å². The summed E-state index contributed by atoms with van der Waals surface area (Å²) in [6.45, 7) is 2.59. The molecule has 1 aromatic carbocycles. The van der Waals surface area contributed by atoms with Crippen LogP contribution in [-0.4, -0.2) is 11.5 Å². The maximum Gasteiger partial charge on any atom is 0.126 e. The summed E-state index contributed by atoms with van der Waals surface area (Å²) in [5.74, 6) is -1.10. The van der Waals surface area contributed by atoms with Gasteiger partial charge in [-0.15, -0.1) is 0 Å². The number of benzene rings is 1. The van der Waals surface area contributed by atoms with Crippen molar-refractivity contribution in [1.82, 2.24) is 10.3 Å². The van der Waals surface area contributed by atoms with Crippen molar-refractivity contribution in [1.29, 1.82) is 0 Å². The van der Waals surface area contributed by atoms with Crippen molar-refractivity contribution < 1.29 is 8.78 Å². The molecule has 4 heteroatoms. The summed E-state index contributed by atoms with van der Waals surface area (Å²) in [4.78, 5) is 4.22. The molecule has 0 radical (unpaired) electrons. The molecule has 2 rings (SSSR count). The van der Waals surface area contributed by atoms with Crippen LogP contribution >= 0.6 is 0 Å². The van der Waals surface area contributed by atoms with E-state index >= 15 is 0 Å². The lowest BCUT2D eigenvalue weighted by Gasteiger charge is -2.14. The van der Waals surface area contributed by atoms with Crippen molar-refractivity contribution in [2.24, 2.45) is 0 Å². The van der Waals surface area contributed by atoms with Crippen molar-refractivity contribution in [3.63, 3.8) is 0 Å². The quantitative estimate of drug-likeness (QED) is 0.894. The van der Waals surface area contributed by atoms with Gasteiger partial charge in [0.05, 0.1) is 0 Å². The number of aromatic nitrogens is 1. The largest absolute Gasteiger partial charge is 0.310 e. The molecule has 100 valence electrons. The van der Waals surface area contributed by atoms with Crippen molar-refractivity contribution in [3.8, 4) is 0 Å². The molecule has 0 aliphatic rings. The second-order valence-corrected chi connectivity index (χ2v) is 4.45. The summed E-state index contributed by atoms with van der Waals surface area (Å²) in [6, 6.07) is 9.23. The number of nitrogens with one attached hydrogen (secondary N) is 1. The summed E-state index contributed by atoms with van der Waals surface area (Å²) >= 11 is 0. The smallest absolute Gasteiger partial charge is 0.126 e. The summed E-state index contributed by atoms with van der Waals surface area (Å²) < 4.78 is 26.2. The molecule has 0 fully saturated rings. The number of hydrogen-bond donors (Lipinski definition) is 1. The fourth-order valence-corrected chi connectivity index (χ4v) is 1.91. The normalized spacial score (nSPS) is 12.4. The standard InChI is InChI=1S/C15H16F2N2/c1-11(12-8-13(16)10-14(17)9-12)18-7-5-15-4-2-3-6-19-15/h2-4,6,8-11,18H,5,7H2,1H3. The van der Waals surface area contributed by atoms with E-state index in [1.165, 1.54) is 12.1 Å². The Bertz CT molecular complexity index is 509. The van der Waals surface area contributed by atoms with Gasteiger partial charge < -0.3 is 5.32 Å². The van der Waals surface area contributed by atoms with Crippen LogP contribution in [0.2, 0.25) is 0 Å². The molecule has 2 nitrogen and oxygen atoms in total. The van der Waals surface area contributed by atoms with Gasteiger partial charge >= 0.3 is 0 Å². The number of pyridine rings is 1. The zero-order valence-corrected chi connectivity index (χ0v) is 10.7. The van der Waals surface area contributed by atoms with Crippen LogP contribution in [0, 0.1) is 11.6 Å². The van der Waals surface area contributed by atoms with Crippen molar-refractivity contribution in [2.45, 2.75) is 19.4 Å². The van der Waals surface area contributed by atoms with E-state index in [9.17, 15) is 8.78 Å². The Morgan fingerprint density at radius 1 is 1.16 bits per heavy atom. The van der Waals surface area contributed by atoms with Crippen LogP contribution < -0.4 is 5.32 Å². The number of rotatable bonds is 5. The van der Waals surface area contributed by atoms with Gasteiger partial charge in [-0.2, -0.15) is 0 Å². The summed E-state index contributed by atoms with van der Waals surface area (Å²) in [5, 5.41) is 3.23. The van der Waals surface area contributed by atoms with E-state index in [1.54, 1.807) is 6.20 Å². The number of halogens is 2. The molecule has 0 aliphatic heterocycles. The molecule has 1 unspecified atom stereocenters. The highest BCUT2D eigenvalue weighted by molar-refractivity contribution is 5.20. The Morgan fingerprint density at radius 2 is 1.89 bits per heavy atom. The van der Waals surface area contributed by atoms with Gasteiger partial charge in [-0.1, -0.05) is 6.07 Å². The highest BCUT2D eigenvalue weighted by atomic mass is 19.1. The Hall–Kier alpha value is -1.81. The predicted octanol–water partition coefficient (Wildman–Crippen LogP) is 3.25. The van der Waals surface area contributed by atoms with E-state index < -0.39 is 11.6 Å². The Labute approximate surface area is 111 Å². The predicted molar refractivity (Wildman–Crippen MR) is 70.7 cm³/mol. The zero-order chi connectivity index (χ0) is 13.7. The lowest BCUT2D eigenvalue weighted by molar-refractivity contribution is 0.546. The first-order chi connectivity index (χ1) is 9.15. The lowest BCUT2D eigenvalue weighted by Crippen LogP contribution is -2.21. The van der Waals surface area contributed by atoms with Gasteiger partial charge in [0.15, 0.2) is 0 Å². The first kappa shape index (κ1) is 13.6. The van der Waals surface area contributed by atoms with Crippen LogP contribution in [0.5, 0.6) is 0 Å².